The summed E-state index contributed by atoms with van der Waals surface area (Å²) in [4.78, 5) is 0. The van der Waals surface area contributed by atoms with Crippen molar-refractivity contribution >= 4 is 0 Å². The van der Waals surface area contributed by atoms with Gasteiger partial charge >= 0.3 is 0 Å². The maximum Gasteiger partial charge on any atom is 0.126 e. The molecule has 1 atom stereocenters. The van der Waals surface area contributed by atoms with E-state index >= 15 is 0 Å². The van der Waals surface area contributed by atoms with E-state index in [1.807, 2.05) is 12.1 Å². The van der Waals surface area contributed by atoms with Gasteiger partial charge in [-0.2, -0.15) is 0 Å². The predicted molar refractivity (Wildman–Crippen MR) is 67.0 cm³/mol. The number of rotatable bonds is 5. The van der Waals surface area contributed by atoms with Gasteiger partial charge in [-0.15, -0.1) is 0 Å². The maximum atomic E-state index is 13.4. The fourth-order valence-electron chi connectivity index (χ4n) is 1.53. The van der Waals surface area contributed by atoms with Crippen LogP contribution in [0.15, 0.2) is 35.9 Å². The van der Waals surface area contributed by atoms with Crippen molar-refractivity contribution in [1.82, 2.24) is 5.32 Å². The Morgan fingerprint density at radius 2 is 2.06 bits per heavy atom. The SMILES string of the molecule is CC(C)=CCNC(C)Cc1ccccc1F. The number of nitrogens with one attached hydrogen (secondary N) is 1. The monoisotopic (exact) mass is 221 g/mol. The molecule has 16 heavy (non-hydrogen) atoms. The highest BCUT2D eigenvalue weighted by Crippen LogP contribution is 2.08. The number of halogens is 1. The summed E-state index contributed by atoms with van der Waals surface area (Å²) in [5, 5.41) is 3.35. The zero-order valence-corrected chi connectivity index (χ0v) is 10.3. The fourth-order valence-corrected chi connectivity index (χ4v) is 1.53. The Labute approximate surface area is 97.4 Å². The average Bonchev–Trinajstić information content (AvgIpc) is 2.21. The molecule has 0 aliphatic carbocycles. The maximum absolute atomic E-state index is 13.4. The fraction of sp³-hybridized carbons (Fsp3) is 0.429. The number of allylic oxidation sites excluding steroid dienone is 1. The van der Waals surface area contributed by atoms with Crippen LogP contribution in [-0.2, 0) is 6.42 Å². The molecule has 1 aromatic carbocycles. The van der Waals surface area contributed by atoms with Crippen LogP contribution < -0.4 is 5.32 Å². The molecule has 0 aromatic heterocycles. The third kappa shape index (κ3) is 4.58. The van der Waals surface area contributed by atoms with Crippen LogP contribution in [0.2, 0.25) is 0 Å². The Balaban J connectivity index is 2.43. The van der Waals surface area contributed by atoms with Gasteiger partial charge in [-0.05, 0) is 38.8 Å². The minimum Gasteiger partial charge on any atom is -0.310 e. The zero-order chi connectivity index (χ0) is 12.0. The van der Waals surface area contributed by atoms with Gasteiger partial charge in [0, 0.05) is 12.6 Å². The lowest BCUT2D eigenvalue weighted by Gasteiger charge is -2.13. The second-order valence-electron chi connectivity index (χ2n) is 4.39. The van der Waals surface area contributed by atoms with E-state index in [-0.39, 0.29) is 11.9 Å². The Hall–Kier alpha value is -1.15. The highest BCUT2D eigenvalue weighted by Gasteiger charge is 2.05. The minimum absolute atomic E-state index is 0.113. The van der Waals surface area contributed by atoms with Gasteiger partial charge in [0.25, 0.3) is 0 Å². The summed E-state index contributed by atoms with van der Waals surface area (Å²) in [5.41, 5.74) is 2.07. The summed E-state index contributed by atoms with van der Waals surface area (Å²) in [6.45, 7) is 7.07. The highest BCUT2D eigenvalue weighted by atomic mass is 19.1. The van der Waals surface area contributed by atoms with Crippen LogP contribution in [0.3, 0.4) is 0 Å². The van der Waals surface area contributed by atoms with Gasteiger partial charge in [-0.25, -0.2) is 4.39 Å². The molecular formula is C14H20FN. The van der Waals surface area contributed by atoms with E-state index in [1.165, 1.54) is 11.6 Å². The van der Waals surface area contributed by atoms with Crippen LogP contribution in [0.25, 0.3) is 0 Å². The quantitative estimate of drug-likeness (QED) is 0.752. The van der Waals surface area contributed by atoms with Gasteiger partial charge in [-0.1, -0.05) is 29.8 Å². The zero-order valence-electron chi connectivity index (χ0n) is 10.3. The van der Waals surface area contributed by atoms with E-state index in [4.69, 9.17) is 0 Å². The minimum atomic E-state index is -0.113. The summed E-state index contributed by atoms with van der Waals surface area (Å²) >= 11 is 0. The number of benzene rings is 1. The molecule has 0 aliphatic rings. The topological polar surface area (TPSA) is 12.0 Å². The molecule has 0 spiro atoms. The number of hydrogen-bond donors (Lipinski definition) is 1. The van der Waals surface area contributed by atoms with Crippen LogP contribution in [0.1, 0.15) is 26.3 Å². The van der Waals surface area contributed by atoms with Crippen LogP contribution in [0.5, 0.6) is 0 Å². The van der Waals surface area contributed by atoms with Gasteiger partial charge in [0.1, 0.15) is 5.82 Å². The molecule has 0 aliphatic heterocycles. The van der Waals surface area contributed by atoms with Gasteiger partial charge in [0.15, 0.2) is 0 Å². The van der Waals surface area contributed by atoms with E-state index < -0.39 is 0 Å². The molecule has 0 saturated carbocycles. The van der Waals surface area contributed by atoms with E-state index in [0.717, 1.165) is 18.5 Å². The van der Waals surface area contributed by atoms with Crippen molar-refractivity contribution < 1.29 is 4.39 Å². The standard InChI is InChI=1S/C14H20FN/c1-11(2)8-9-16-12(3)10-13-6-4-5-7-14(13)15/h4-8,12,16H,9-10H2,1-3H3. The first-order valence-corrected chi connectivity index (χ1v) is 5.69. The highest BCUT2D eigenvalue weighted by molar-refractivity contribution is 5.18. The summed E-state index contributed by atoms with van der Waals surface area (Å²) in [6, 6.07) is 7.24. The van der Waals surface area contributed by atoms with Crippen molar-refractivity contribution in [3.63, 3.8) is 0 Å². The molecule has 1 nitrogen and oxygen atoms in total. The van der Waals surface area contributed by atoms with Crippen LogP contribution in [0, 0.1) is 5.82 Å². The molecule has 0 radical (unpaired) electrons. The first kappa shape index (κ1) is 12.9. The van der Waals surface area contributed by atoms with Crippen molar-refractivity contribution in [2.75, 3.05) is 6.54 Å². The second kappa shape index (κ2) is 6.44. The molecule has 0 heterocycles. The van der Waals surface area contributed by atoms with E-state index in [1.54, 1.807) is 6.07 Å². The Morgan fingerprint density at radius 1 is 1.38 bits per heavy atom. The van der Waals surface area contributed by atoms with Gasteiger partial charge in [0.2, 0.25) is 0 Å². The third-order valence-corrected chi connectivity index (χ3v) is 2.46. The average molecular weight is 221 g/mol. The lowest BCUT2D eigenvalue weighted by atomic mass is 10.1. The smallest absolute Gasteiger partial charge is 0.126 e. The largest absolute Gasteiger partial charge is 0.310 e. The van der Waals surface area contributed by atoms with E-state index in [9.17, 15) is 4.39 Å². The molecule has 1 unspecified atom stereocenters. The van der Waals surface area contributed by atoms with Crippen LogP contribution in [0.4, 0.5) is 4.39 Å². The molecule has 1 N–H and O–H groups in total. The molecule has 0 saturated heterocycles. The normalized spacial score (nSPS) is 12.2. The molecule has 0 fully saturated rings. The predicted octanol–water partition coefficient (Wildman–Crippen LogP) is 3.31. The van der Waals surface area contributed by atoms with Crippen molar-refractivity contribution in [3.8, 4) is 0 Å². The molecule has 2 heteroatoms. The summed E-state index contributed by atoms with van der Waals surface area (Å²) in [5.74, 6) is -0.113. The Bertz CT molecular complexity index is 354. The lowest BCUT2D eigenvalue weighted by Crippen LogP contribution is -2.28. The second-order valence-corrected chi connectivity index (χ2v) is 4.39. The molecule has 0 amide bonds. The third-order valence-electron chi connectivity index (χ3n) is 2.46. The first-order valence-electron chi connectivity index (χ1n) is 5.69. The molecule has 1 rings (SSSR count). The van der Waals surface area contributed by atoms with Gasteiger partial charge in [0.05, 0.1) is 0 Å². The molecule has 1 aromatic rings. The van der Waals surface area contributed by atoms with E-state index in [2.05, 4.69) is 32.2 Å². The summed E-state index contributed by atoms with van der Waals surface area (Å²) in [7, 11) is 0. The van der Waals surface area contributed by atoms with Crippen molar-refractivity contribution in [2.45, 2.75) is 33.2 Å². The number of hydrogen-bond acceptors (Lipinski definition) is 1. The van der Waals surface area contributed by atoms with Crippen LogP contribution >= 0.6 is 0 Å². The van der Waals surface area contributed by atoms with Crippen LogP contribution in [-0.4, -0.2) is 12.6 Å². The van der Waals surface area contributed by atoms with Crippen molar-refractivity contribution in [2.24, 2.45) is 0 Å². The van der Waals surface area contributed by atoms with E-state index in [0.29, 0.717) is 0 Å². The molecular weight excluding hydrogens is 201 g/mol. The van der Waals surface area contributed by atoms with Crippen molar-refractivity contribution in [3.05, 3.63) is 47.3 Å². The Morgan fingerprint density at radius 3 is 2.69 bits per heavy atom. The lowest BCUT2D eigenvalue weighted by molar-refractivity contribution is 0.549. The Kier molecular flexibility index (Phi) is 5.20. The summed E-state index contributed by atoms with van der Waals surface area (Å²) < 4.78 is 13.4. The molecule has 0 bridgehead atoms. The van der Waals surface area contributed by atoms with Gasteiger partial charge < -0.3 is 5.32 Å². The summed E-state index contributed by atoms with van der Waals surface area (Å²) in [6.07, 6.45) is 2.86. The first-order chi connectivity index (χ1) is 7.59. The molecule has 88 valence electrons. The van der Waals surface area contributed by atoms with Gasteiger partial charge in [-0.3, -0.25) is 0 Å². The van der Waals surface area contributed by atoms with Crippen molar-refractivity contribution in [1.29, 1.82) is 0 Å².